The minimum atomic E-state index is 0.674. The van der Waals surface area contributed by atoms with Gasteiger partial charge in [-0.15, -0.1) is 0 Å². The van der Waals surface area contributed by atoms with Crippen molar-refractivity contribution in [2.75, 3.05) is 6.61 Å². The summed E-state index contributed by atoms with van der Waals surface area (Å²) in [4.78, 5) is 0. The van der Waals surface area contributed by atoms with E-state index in [2.05, 4.69) is 0 Å². The van der Waals surface area contributed by atoms with Crippen LogP contribution in [0.3, 0.4) is 0 Å². The number of hydrogen-bond acceptors (Lipinski definition) is 1. The maximum atomic E-state index is 5.70. The lowest BCUT2D eigenvalue weighted by Gasteiger charge is -2.00. The van der Waals surface area contributed by atoms with Gasteiger partial charge in [-0.2, -0.15) is 0 Å². The van der Waals surface area contributed by atoms with Gasteiger partial charge in [0.15, 0.2) is 0 Å². The number of rotatable bonds is 3. The summed E-state index contributed by atoms with van der Waals surface area (Å²) in [5, 5.41) is 0.769. The van der Waals surface area contributed by atoms with Crippen LogP contribution < -0.4 is 0 Å². The smallest absolute Gasteiger partial charge is 0.0716 e. The van der Waals surface area contributed by atoms with Crippen LogP contribution in [0.15, 0.2) is 24.3 Å². The van der Waals surface area contributed by atoms with Gasteiger partial charge in [-0.3, -0.25) is 0 Å². The van der Waals surface area contributed by atoms with Gasteiger partial charge >= 0.3 is 0 Å². The highest BCUT2D eigenvalue weighted by Crippen LogP contribution is 2.09. The Balaban J connectivity index is 0.000000671. The molecule has 0 atom stereocenters. The fourth-order valence-electron chi connectivity index (χ4n) is 0.801. The van der Waals surface area contributed by atoms with E-state index in [1.165, 1.54) is 0 Å². The standard InChI is InChI=1S/C9H11ClO.C2H6/c1-2-11-7-8-3-5-9(10)6-4-8;1-2/h3-6H,2,7H2,1H3;1-2H3. The van der Waals surface area contributed by atoms with Crippen LogP contribution in [-0.4, -0.2) is 6.61 Å². The first-order chi connectivity index (χ1) is 6.33. The Bertz CT molecular complexity index is 206. The summed E-state index contributed by atoms with van der Waals surface area (Å²) >= 11 is 5.70. The van der Waals surface area contributed by atoms with Crippen LogP contribution in [0.2, 0.25) is 5.02 Å². The summed E-state index contributed by atoms with van der Waals surface area (Å²) < 4.78 is 5.22. The summed E-state index contributed by atoms with van der Waals surface area (Å²) in [5.41, 5.74) is 1.16. The molecule has 1 nitrogen and oxygen atoms in total. The van der Waals surface area contributed by atoms with E-state index >= 15 is 0 Å². The molecule has 1 rings (SSSR count). The van der Waals surface area contributed by atoms with Crippen LogP contribution in [0, 0.1) is 0 Å². The van der Waals surface area contributed by atoms with E-state index in [1.54, 1.807) is 0 Å². The van der Waals surface area contributed by atoms with Gasteiger partial charge in [-0.25, -0.2) is 0 Å². The summed E-state index contributed by atoms with van der Waals surface area (Å²) in [5.74, 6) is 0. The van der Waals surface area contributed by atoms with Crippen molar-refractivity contribution in [1.82, 2.24) is 0 Å². The largest absolute Gasteiger partial charge is 0.377 e. The van der Waals surface area contributed by atoms with Gasteiger partial charge in [0.25, 0.3) is 0 Å². The maximum Gasteiger partial charge on any atom is 0.0716 e. The molecule has 0 radical (unpaired) electrons. The van der Waals surface area contributed by atoms with Crippen LogP contribution in [-0.2, 0) is 11.3 Å². The molecule has 0 bridgehead atoms. The fourth-order valence-corrected chi connectivity index (χ4v) is 0.927. The van der Waals surface area contributed by atoms with Crippen molar-refractivity contribution < 1.29 is 4.74 Å². The van der Waals surface area contributed by atoms with Crippen LogP contribution in [0.4, 0.5) is 0 Å². The number of hydrogen-bond donors (Lipinski definition) is 0. The number of ether oxygens (including phenoxy) is 1. The molecule has 74 valence electrons. The molecule has 1 aromatic carbocycles. The van der Waals surface area contributed by atoms with Crippen molar-refractivity contribution >= 4 is 11.6 Å². The zero-order chi connectivity index (χ0) is 10.1. The predicted molar refractivity (Wildman–Crippen MR) is 58.1 cm³/mol. The third kappa shape index (κ3) is 5.67. The van der Waals surface area contributed by atoms with E-state index < -0.39 is 0 Å². The fraction of sp³-hybridized carbons (Fsp3) is 0.455. The van der Waals surface area contributed by atoms with E-state index in [9.17, 15) is 0 Å². The van der Waals surface area contributed by atoms with Crippen LogP contribution in [0.5, 0.6) is 0 Å². The molecule has 1 aromatic rings. The third-order valence-corrected chi connectivity index (χ3v) is 1.64. The van der Waals surface area contributed by atoms with Gasteiger partial charge in [0, 0.05) is 11.6 Å². The highest BCUT2D eigenvalue weighted by atomic mass is 35.5. The Morgan fingerprint density at radius 2 is 1.69 bits per heavy atom. The van der Waals surface area contributed by atoms with E-state index in [1.807, 2.05) is 45.0 Å². The zero-order valence-electron chi connectivity index (χ0n) is 8.51. The monoisotopic (exact) mass is 200 g/mol. The van der Waals surface area contributed by atoms with E-state index in [0.717, 1.165) is 17.2 Å². The minimum Gasteiger partial charge on any atom is -0.377 e. The van der Waals surface area contributed by atoms with Gasteiger partial charge in [0.05, 0.1) is 6.61 Å². The molecular formula is C11H17ClO. The summed E-state index contributed by atoms with van der Waals surface area (Å²) in [6, 6.07) is 7.68. The van der Waals surface area contributed by atoms with Gasteiger partial charge in [0.1, 0.15) is 0 Å². The van der Waals surface area contributed by atoms with Gasteiger partial charge in [0.2, 0.25) is 0 Å². The van der Waals surface area contributed by atoms with Gasteiger partial charge in [-0.1, -0.05) is 37.6 Å². The molecule has 0 heterocycles. The molecule has 13 heavy (non-hydrogen) atoms. The second-order valence-corrected chi connectivity index (χ2v) is 2.70. The predicted octanol–water partition coefficient (Wildman–Crippen LogP) is 3.90. The van der Waals surface area contributed by atoms with Gasteiger partial charge in [-0.05, 0) is 24.6 Å². The summed E-state index contributed by atoms with van der Waals surface area (Å²) in [7, 11) is 0. The lowest BCUT2D eigenvalue weighted by molar-refractivity contribution is 0.134. The molecule has 2 heteroatoms. The van der Waals surface area contributed by atoms with Crippen molar-refractivity contribution in [3.05, 3.63) is 34.9 Å². The third-order valence-electron chi connectivity index (χ3n) is 1.39. The number of halogens is 1. The first kappa shape index (κ1) is 12.5. The molecule has 0 aliphatic heterocycles. The number of benzene rings is 1. The first-order valence-corrected chi connectivity index (χ1v) is 5.03. The molecule has 0 spiro atoms. The van der Waals surface area contributed by atoms with Gasteiger partial charge < -0.3 is 4.74 Å². The molecule has 0 aliphatic rings. The molecule has 0 saturated heterocycles. The zero-order valence-corrected chi connectivity index (χ0v) is 9.27. The summed E-state index contributed by atoms with van der Waals surface area (Å²) in [6.07, 6.45) is 0. The Morgan fingerprint density at radius 1 is 1.15 bits per heavy atom. The van der Waals surface area contributed by atoms with Crippen molar-refractivity contribution in [3.63, 3.8) is 0 Å². The summed E-state index contributed by atoms with van der Waals surface area (Å²) in [6.45, 7) is 7.41. The molecular weight excluding hydrogens is 184 g/mol. The lowest BCUT2D eigenvalue weighted by atomic mass is 10.2. The minimum absolute atomic E-state index is 0.674. The second kappa shape index (κ2) is 8.09. The topological polar surface area (TPSA) is 9.23 Å². The van der Waals surface area contributed by atoms with Crippen molar-refractivity contribution in [3.8, 4) is 0 Å². The molecule has 0 amide bonds. The Morgan fingerprint density at radius 3 is 2.15 bits per heavy atom. The SMILES string of the molecule is CC.CCOCc1ccc(Cl)cc1. The molecule has 0 N–H and O–H groups in total. The van der Waals surface area contributed by atoms with E-state index in [4.69, 9.17) is 16.3 Å². The van der Waals surface area contributed by atoms with E-state index in [0.29, 0.717) is 6.61 Å². The Labute approximate surface area is 85.7 Å². The molecule has 0 unspecified atom stereocenters. The lowest BCUT2D eigenvalue weighted by Crippen LogP contribution is -1.90. The normalized spacial score (nSPS) is 8.92. The quantitative estimate of drug-likeness (QED) is 0.719. The highest BCUT2D eigenvalue weighted by Gasteiger charge is 1.90. The van der Waals surface area contributed by atoms with E-state index in [-0.39, 0.29) is 0 Å². The Hall–Kier alpha value is -0.530. The van der Waals surface area contributed by atoms with Crippen molar-refractivity contribution in [2.24, 2.45) is 0 Å². The molecule has 0 aliphatic carbocycles. The maximum absolute atomic E-state index is 5.70. The average Bonchev–Trinajstić information content (AvgIpc) is 2.20. The van der Waals surface area contributed by atoms with Crippen LogP contribution in [0.25, 0.3) is 0 Å². The molecule has 0 aromatic heterocycles. The van der Waals surface area contributed by atoms with Crippen LogP contribution in [0.1, 0.15) is 26.3 Å². The highest BCUT2D eigenvalue weighted by molar-refractivity contribution is 6.30. The first-order valence-electron chi connectivity index (χ1n) is 4.65. The van der Waals surface area contributed by atoms with Crippen molar-refractivity contribution in [2.45, 2.75) is 27.4 Å². The average molecular weight is 201 g/mol. The molecule has 0 fully saturated rings. The Kier molecular flexibility index (Phi) is 7.76. The second-order valence-electron chi connectivity index (χ2n) is 2.26. The molecule has 0 saturated carbocycles. The van der Waals surface area contributed by atoms with Crippen molar-refractivity contribution in [1.29, 1.82) is 0 Å². The van der Waals surface area contributed by atoms with Crippen LogP contribution >= 0.6 is 11.6 Å².